The van der Waals surface area contributed by atoms with Crippen molar-refractivity contribution in [2.75, 3.05) is 11.5 Å². The zero-order valence-electron chi connectivity index (χ0n) is 11.2. The third-order valence-corrected chi connectivity index (χ3v) is 3.97. The van der Waals surface area contributed by atoms with Crippen LogP contribution in [0.5, 0.6) is 0 Å². The van der Waals surface area contributed by atoms with Crippen LogP contribution in [0.2, 0.25) is 0 Å². The van der Waals surface area contributed by atoms with Gasteiger partial charge in [-0.3, -0.25) is 0 Å². The Morgan fingerprint density at radius 1 is 0.667 bits per heavy atom. The van der Waals surface area contributed by atoms with E-state index in [1.807, 2.05) is 30.3 Å². The number of halogens is 1. The maximum absolute atomic E-state index is 14.3. The van der Waals surface area contributed by atoms with E-state index in [1.165, 1.54) is 0 Å². The van der Waals surface area contributed by atoms with Crippen LogP contribution in [0.4, 0.5) is 15.8 Å². The van der Waals surface area contributed by atoms with Crippen molar-refractivity contribution in [2.24, 2.45) is 0 Å². The third kappa shape index (κ3) is 1.71. The second-order valence-electron chi connectivity index (χ2n) is 5.31. The van der Waals surface area contributed by atoms with Crippen molar-refractivity contribution in [3.63, 3.8) is 0 Å². The van der Waals surface area contributed by atoms with Gasteiger partial charge in [-0.1, -0.05) is 24.3 Å². The van der Waals surface area contributed by atoms with Crippen molar-refractivity contribution < 1.29 is 4.39 Å². The van der Waals surface area contributed by atoms with Crippen LogP contribution in [0.25, 0.3) is 32.3 Å². The van der Waals surface area contributed by atoms with Crippen LogP contribution in [-0.2, 0) is 0 Å². The van der Waals surface area contributed by atoms with E-state index < -0.39 is 5.82 Å². The lowest BCUT2D eigenvalue weighted by molar-refractivity contribution is 0.645. The van der Waals surface area contributed by atoms with Crippen molar-refractivity contribution in [1.29, 1.82) is 0 Å². The van der Waals surface area contributed by atoms with Gasteiger partial charge >= 0.3 is 0 Å². The molecule has 4 N–H and O–H groups in total. The van der Waals surface area contributed by atoms with E-state index in [0.717, 1.165) is 26.9 Å². The van der Waals surface area contributed by atoms with Gasteiger partial charge < -0.3 is 11.5 Å². The molecule has 0 aromatic heterocycles. The summed E-state index contributed by atoms with van der Waals surface area (Å²) in [5.41, 5.74) is 11.7. The molecule has 4 rings (SSSR count). The second kappa shape index (κ2) is 4.09. The van der Waals surface area contributed by atoms with Gasteiger partial charge in [0.1, 0.15) is 0 Å². The molecular formula is C18H13FN2. The van der Waals surface area contributed by atoms with Gasteiger partial charge in [0.15, 0.2) is 5.82 Å². The molecule has 0 saturated heterocycles. The zero-order valence-corrected chi connectivity index (χ0v) is 11.2. The van der Waals surface area contributed by atoms with Crippen LogP contribution < -0.4 is 11.5 Å². The smallest absolute Gasteiger partial charge is 0.156 e. The molecule has 21 heavy (non-hydrogen) atoms. The number of rotatable bonds is 0. The van der Waals surface area contributed by atoms with Gasteiger partial charge in [-0.05, 0) is 57.3 Å². The predicted molar refractivity (Wildman–Crippen MR) is 87.7 cm³/mol. The summed E-state index contributed by atoms with van der Waals surface area (Å²) < 4.78 is 14.3. The number of hydrogen-bond donors (Lipinski definition) is 2. The van der Waals surface area contributed by atoms with Crippen LogP contribution in [0, 0.1) is 5.82 Å². The highest BCUT2D eigenvalue weighted by Gasteiger charge is 2.10. The van der Waals surface area contributed by atoms with Gasteiger partial charge in [-0.25, -0.2) is 4.39 Å². The molecule has 0 heterocycles. The normalized spacial score (nSPS) is 11.5. The number of nitrogen functional groups attached to an aromatic ring is 2. The molecular weight excluding hydrogens is 263 g/mol. The number of hydrogen-bond acceptors (Lipinski definition) is 2. The maximum Gasteiger partial charge on any atom is 0.156 e. The summed E-state index contributed by atoms with van der Waals surface area (Å²) in [7, 11) is 0. The molecule has 0 atom stereocenters. The highest BCUT2D eigenvalue weighted by atomic mass is 19.1. The Labute approximate surface area is 120 Å². The first-order valence-electron chi connectivity index (χ1n) is 6.73. The van der Waals surface area contributed by atoms with Crippen LogP contribution in [-0.4, -0.2) is 0 Å². The molecule has 0 aliphatic carbocycles. The average molecular weight is 276 g/mol. The first-order chi connectivity index (χ1) is 10.1. The molecule has 0 spiro atoms. The summed E-state index contributed by atoms with van der Waals surface area (Å²) in [6.07, 6.45) is 0. The van der Waals surface area contributed by atoms with Gasteiger partial charge in [0, 0.05) is 5.39 Å². The lowest BCUT2D eigenvalue weighted by Gasteiger charge is -2.09. The first-order valence-corrected chi connectivity index (χ1v) is 6.73. The number of fused-ring (bicyclic) bond motifs is 3. The number of anilines is 2. The van der Waals surface area contributed by atoms with Gasteiger partial charge in [0.2, 0.25) is 0 Å². The van der Waals surface area contributed by atoms with E-state index in [1.54, 1.807) is 6.07 Å². The highest BCUT2D eigenvalue weighted by molar-refractivity contribution is 6.06. The molecule has 102 valence electrons. The Morgan fingerprint density at radius 3 is 1.90 bits per heavy atom. The minimum atomic E-state index is -0.444. The molecule has 0 aliphatic heterocycles. The fraction of sp³-hybridized carbons (Fsp3) is 0. The van der Waals surface area contributed by atoms with E-state index in [4.69, 9.17) is 11.5 Å². The van der Waals surface area contributed by atoms with Crippen LogP contribution in [0.1, 0.15) is 0 Å². The monoisotopic (exact) mass is 276 g/mol. The SMILES string of the molecule is Nc1cc2cc3cc4ccccc4cc3cc2c(F)c1N. The second-order valence-corrected chi connectivity index (χ2v) is 5.31. The van der Waals surface area contributed by atoms with Gasteiger partial charge in [0.05, 0.1) is 11.4 Å². The Balaban J connectivity index is 2.18. The summed E-state index contributed by atoms with van der Waals surface area (Å²) in [6.45, 7) is 0. The molecule has 0 fully saturated rings. The zero-order chi connectivity index (χ0) is 14.6. The summed E-state index contributed by atoms with van der Waals surface area (Å²) in [6, 6.07) is 17.8. The summed E-state index contributed by atoms with van der Waals surface area (Å²) in [4.78, 5) is 0. The highest BCUT2D eigenvalue weighted by Crippen LogP contribution is 2.33. The van der Waals surface area contributed by atoms with E-state index >= 15 is 0 Å². The van der Waals surface area contributed by atoms with Gasteiger partial charge in [0.25, 0.3) is 0 Å². The minimum absolute atomic E-state index is 0.0163. The van der Waals surface area contributed by atoms with Crippen LogP contribution >= 0.6 is 0 Å². The fourth-order valence-corrected chi connectivity index (χ4v) is 2.84. The molecule has 0 aliphatic rings. The van der Waals surface area contributed by atoms with Crippen molar-refractivity contribution in [3.05, 3.63) is 60.4 Å². The standard InChI is InChI=1S/C18H13FN2/c19-17-15-8-13-6-11-4-2-1-3-10(11)5-12(13)7-14(15)9-16(20)18(17)21/h1-9H,20-21H2. The summed E-state index contributed by atoms with van der Waals surface area (Å²) in [5, 5.41) is 5.61. The molecule has 0 radical (unpaired) electrons. The number of nitrogens with two attached hydrogens (primary N) is 2. The van der Waals surface area contributed by atoms with Crippen molar-refractivity contribution >= 4 is 43.7 Å². The van der Waals surface area contributed by atoms with Crippen molar-refractivity contribution in [2.45, 2.75) is 0 Å². The van der Waals surface area contributed by atoms with E-state index in [-0.39, 0.29) is 11.4 Å². The quantitative estimate of drug-likeness (QED) is 0.368. The number of benzene rings is 4. The lowest BCUT2D eigenvalue weighted by atomic mass is 9.99. The van der Waals surface area contributed by atoms with Crippen LogP contribution in [0.3, 0.4) is 0 Å². The van der Waals surface area contributed by atoms with Crippen molar-refractivity contribution in [3.8, 4) is 0 Å². The Kier molecular flexibility index (Phi) is 2.33. The van der Waals surface area contributed by atoms with Gasteiger partial charge in [-0.2, -0.15) is 0 Å². The third-order valence-electron chi connectivity index (χ3n) is 3.97. The average Bonchev–Trinajstić information content (AvgIpc) is 2.49. The van der Waals surface area contributed by atoms with E-state index in [2.05, 4.69) is 18.2 Å². The Bertz CT molecular complexity index is 1020. The molecule has 0 unspecified atom stereocenters. The summed E-state index contributed by atoms with van der Waals surface area (Å²) >= 11 is 0. The van der Waals surface area contributed by atoms with E-state index in [0.29, 0.717) is 5.39 Å². The van der Waals surface area contributed by atoms with Crippen molar-refractivity contribution in [1.82, 2.24) is 0 Å². The van der Waals surface area contributed by atoms with E-state index in [9.17, 15) is 4.39 Å². The predicted octanol–water partition coefficient (Wildman–Crippen LogP) is 4.45. The molecule has 4 aromatic carbocycles. The summed E-state index contributed by atoms with van der Waals surface area (Å²) in [5.74, 6) is -0.444. The Morgan fingerprint density at radius 2 is 1.24 bits per heavy atom. The molecule has 0 bridgehead atoms. The maximum atomic E-state index is 14.3. The first kappa shape index (κ1) is 12.0. The molecule has 0 saturated carbocycles. The molecule has 3 heteroatoms. The van der Waals surface area contributed by atoms with Crippen LogP contribution in [0.15, 0.2) is 54.6 Å². The molecule has 4 aromatic rings. The lowest BCUT2D eigenvalue weighted by Crippen LogP contribution is -1.98. The molecule has 2 nitrogen and oxygen atoms in total. The molecule has 0 amide bonds. The largest absolute Gasteiger partial charge is 0.397 e. The topological polar surface area (TPSA) is 52.0 Å². The Hall–Kier alpha value is -2.81. The minimum Gasteiger partial charge on any atom is -0.397 e. The fourth-order valence-electron chi connectivity index (χ4n) is 2.84. The van der Waals surface area contributed by atoms with Gasteiger partial charge in [-0.15, -0.1) is 0 Å².